The Morgan fingerprint density at radius 3 is 2.60 bits per heavy atom. The number of para-hydroxylation sites is 1. The molecule has 0 aliphatic carbocycles. The summed E-state index contributed by atoms with van der Waals surface area (Å²) in [6, 6.07) is 17.0. The zero-order valence-corrected chi connectivity index (χ0v) is 15.3. The predicted octanol–water partition coefficient (Wildman–Crippen LogP) is 5.69. The quantitative estimate of drug-likeness (QED) is 0.459. The van der Waals surface area contributed by atoms with Gasteiger partial charge < -0.3 is 5.32 Å². The number of halogens is 2. The number of benzene rings is 2. The molecule has 2 heterocycles. The lowest BCUT2D eigenvalue weighted by atomic mass is 10.2. The van der Waals surface area contributed by atoms with Crippen molar-refractivity contribution in [3.63, 3.8) is 0 Å². The van der Waals surface area contributed by atoms with Crippen LogP contribution in [-0.2, 0) is 6.54 Å². The van der Waals surface area contributed by atoms with Gasteiger partial charge in [-0.05, 0) is 29.8 Å². The fourth-order valence-corrected chi connectivity index (χ4v) is 4.19. The summed E-state index contributed by atoms with van der Waals surface area (Å²) in [5.41, 5.74) is 1.82. The van der Waals surface area contributed by atoms with Gasteiger partial charge in [-0.3, -0.25) is 4.79 Å². The Kier molecular flexibility index (Phi) is 4.34. The molecular weight excluding hydrogens is 375 g/mol. The van der Waals surface area contributed by atoms with Gasteiger partial charge in [0, 0.05) is 27.0 Å². The average Bonchev–Trinajstić information content (AvgIpc) is 3.07. The molecule has 4 rings (SSSR count). The molecule has 0 bridgehead atoms. The van der Waals surface area contributed by atoms with Crippen molar-refractivity contribution < 1.29 is 4.79 Å². The highest BCUT2D eigenvalue weighted by Gasteiger charge is 2.15. The van der Waals surface area contributed by atoms with Crippen molar-refractivity contribution in [1.82, 2.24) is 10.3 Å². The fraction of sp³-hybridized carbons (Fsp3) is 0.0526. The molecule has 6 heteroatoms. The van der Waals surface area contributed by atoms with Gasteiger partial charge in [-0.2, -0.15) is 0 Å². The molecule has 0 unspecified atom stereocenters. The number of carbonyl (C=O) groups excluding carboxylic acids is 1. The van der Waals surface area contributed by atoms with Gasteiger partial charge in [0.1, 0.15) is 5.15 Å². The first-order valence-corrected chi connectivity index (χ1v) is 9.19. The molecule has 2 aromatic heterocycles. The molecule has 0 saturated carbocycles. The van der Waals surface area contributed by atoms with Gasteiger partial charge in [0.2, 0.25) is 0 Å². The third kappa shape index (κ3) is 3.21. The maximum atomic E-state index is 12.5. The summed E-state index contributed by atoms with van der Waals surface area (Å²) in [5.74, 6) is -0.128. The second-order valence-corrected chi connectivity index (χ2v) is 7.43. The van der Waals surface area contributed by atoms with Gasteiger partial charge in [-0.25, -0.2) is 4.98 Å². The number of rotatable bonds is 3. The SMILES string of the molecule is O=C(NCc1ccc(Cl)cc1)c1cc2c(Cl)nc3ccccc3c2s1. The third-order valence-electron chi connectivity index (χ3n) is 3.91. The number of nitrogens with one attached hydrogen (secondary N) is 1. The van der Waals surface area contributed by atoms with Crippen LogP contribution in [0.1, 0.15) is 15.2 Å². The van der Waals surface area contributed by atoms with Crippen molar-refractivity contribution in [2.24, 2.45) is 0 Å². The summed E-state index contributed by atoms with van der Waals surface area (Å²) in [5, 5.41) is 5.83. The van der Waals surface area contributed by atoms with Crippen LogP contribution in [-0.4, -0.2) is 10.9 Å². The Bertz CT molecular complexity index is 1090. The number of nitrogens with zero attached hydrogens (tertiary/aromatic N) is 1. The molecule has 0 spiro atoms. The molecule has 0 radical (unpaired) electrons. The third-order valence-corrected chi connectivity index (χ3v) is 5.62. The molecule has 0 aliphatic heterocycles. The number of hydrogen-bond donors (Lipinski definition) is 1. The van der Waals surface area contributed by atoms with E-state index in [9.17, 15) is 4.79 Å². The normalized spacial score (nSPS) is 11.1. The molecule has 25 heavy (non-hydrogen) atoms. The van der Waals surface area contributed by atoms with Gasteiger partial charge in [0.15, 0.2) is 0 Å². The van der Waals surface area contributed by atoms with E-state index < -0.39 is 0 Å². The van der Waals surface area contributed by atoms with Crippen LogP contribution in [0.4, 0.5) is 0 Å². The van der Waals surface area contributed by atoms with Crippen molar-refractivity contribution in [1.29, 1.82) is 0 Å². The summed E-state index contributed by atoms with van der Waals surface area (Å²) >= 11 is 13.6. The second-order valence-electron chi connectivity index (χ2n) is 5.58. The fourth-order valence-electron chi connectivity index (χ4n) is 2.66. The predicted molar refractivity (Wildman–Crippen MR) is 105 cm³/mol. The zero-order chi connectivity index (χ0) is 17.4. The zero-order valence-electron chi connectivity index (χ0n) is 12.9. The van der Waals surface area contributed by atoms with Gasteiger partial charge in [-0.15, -0.1) is 11.3 Å². The van der Waals surface area contributed by atoms with E-state index in [2.05, 4.69) is 10.3 Å². The van der Waals surface area contributed by atoms with E-state index in [1.54, 1.807) is 18.2 Å². The summed E-state index contributed by atoms with van der Waals surface area (Å²) in [4.78, 5) is 17.5. The molecule has 0 atom stereocenters. The first kappa shape index (κ1) is 16.3. The Morgan fingerprint density at radius 1 is 1.04 bits per heavy atom. The van der Waals surface area contributed by atoms with Gasteiger partial charge in [-0.1, -0.05) is 53.5 Å². The van der Waals surface area contributed by atoms with Crippen molar-refractivity contribution >= 4 is 61.4 Å². The van der Waals surface area contributed by atoms with Crippen LogP contribution in [0, 0.1) is 0 Å². The minimum absolute atomic E-state index is 0.128. The van der Waals surface area contributed by atoms with Crippen LogP contribution >= 0.6 is 34.5 Å². The van der Waals surface area contributed by atoms with E-state index in [-0.39, 0.29) is 5.91 Å². The number of fused-ring (bicyclic) bond motifs is 3. The summed E-state index contributed by atoms with van der Waals surface area (Å²) in [7, 11) is 0. The smallest absolute Gasteiger partial charge is 0.261 e. The van der Waals surface area contributed by atoms with E-state index in [1.807, 2.05) is 36.4 Å². The Hall–Kier alpha value is -2.14. The number of pyridine rings is 1. The highest BCUT2D eigenvalue weighted by Crippen LogP contribution is 2.35. The average molecular weight is 387 g/mol. The monoisotopic (exact) mass is 386 g/mol. The van der Waals surface area contributed by atoms with Crippen LogP contribution < -0.4 is 5.32 Å². The van der Waals surface area contributed by atoms with E-state index in [0.29, 0.717) is 21.6 Å². The van der Waals surface area contributed by atoms with Gasteiger partial charge in [0.05, 0.1) is 10.4 Å². The van der Waals surface area contributed by atoms with Crippen LogP contribution in [0.3, 0.4) is 0 Å². The minimum atomic E-state index is -0.128. The number of aromatic nitrogens is 1. The van der Waals surface area contributed by atoms with E-state index >= 15 is 0 Å². The van der Waals surface area contributed by atoms with Crippen molar-refractivity contribution in [3.05, 3.63) is 75.2 Å². The topological polar surface area (TPSA) is 42.0 Å². The molecule has 124 valence electrons. The number of carbonyl (C=O) groups is 1. The van der Waals surface area contributed by atoms with Crippen molar-refractivity contribution in [3.8, 4) is 0 Å². The lowest BCUT2D eigenvalue weighted by Crippen LogP contribution is -2.21. The first-order chi connectivity index (χ1) is 12.1. The molecule has 0 saturated heterocycles. The molecule has 2 aromatic carbocycles. The molecule has 1 N–H and O–H groups in total. The maximum Gasteiger partial charge on any atom is 0.261 e. The lowest BCUT2D eigenvalue weighted by molar-refractivity contribution is 0.0955. The molecular formula is C19H12Cl2N2OS. The summed E-state index contributed by atoms with van der Waals surface area (Å²) in [6.45, 7) is 0.441. The molecule has 1 amide bonds. The molecule has 0 fully saturated rings. The van der Waals surface area contributed by atoms with Crippen molar-refractivity contribution in [2.45, 2.75) is 6.54 Å². The van der Waals surface area contributed by atoms with E-state index in [0.717, 1.165) is 26.6 Å². The largest absolute Gasteiger partial charge is 0.347 e. The Labute approximate surface area is 158 Å². The Morgan fingerprint density at radius 2 is 1.80 bits per heavy atom. The van der Waals surface area contributed by atoms with E-state index in [1.165, 1.54) is 11.3 Å². The standard InChI is InChI=1S/C19H12Cl2N2OS/c20-12-7-5-11(6-8-12)10-22-19(24)16-9-14-17(25-16)13-3-1-2-4-15(13)23-18(14)21/h1-9H,10H2,(H,22,24). The van der Waals surface area contributed by atoms with Crippen LogP contribution in [0.5, 0.6) is 0 Å². The van der Waals surface area contributed by atoms with Gasteiger partial charge >= 0.3 is 0 Å². The second kappa shape index (κ2) is 6.64. The number of hydrogen-bond acceptors (Lipinski definition) is 3. The van der Waals surface area contributed by atoms with Crippen molar-refractivity contribution in [2.75, 3.05) is 0 Å². The minimum Gasteiger partial charge on any atom is -0.347 e. The van der Waals surface area contributed by atoms with E-state index in [4.69, 9.17) is 23.2 Å². The number of thiophene rings is 1. The van der Waals surface area contributed by atoms with Crippen LogP contribution in [0.25, 0.3) is 21.0 Å². The Balaban J connectivity index is 1.64. The van der Waals surface area contributed by atoms with Gasteiger partial charge in [0.25, 0.3) is 5.91 Å². The highest BCUT2D eigenvalue weighted by molar-refractivity contribution is 7.21. The molecule has 4 aromatic rings. The molecule has 3 nitrogen and oxygen atoms in total. The lowest BCUT2D eigenvalue weighted by Gasteiger charge is -2.03. The first-order valence-electron chi connectivity index (χ1n) is 7.62. The highest BCUT2D eigenvalue weighted by atomic mass is 35.5. The number of amides is 1. The van der Waals surface area contributed by atoms with Crippen LogP contribution in [0.2, 0.25) is 10.2 Å². The molecule has 0 aliphatic rings. The van der Waals surface area contributed by atoms with Crippen LogP contribution in [0.15, 0.2) is 54.6 Å². The summed E-state index contributed by atoms with van der Waals surface area (Å²) < 4.78 is 0.979. The maximum absolute atomic E-state index is 12.5. The summed E-state index contributed by atoms with van der Waals surface area (Å²) in [6.07, 6.45) is 0.